The van der Waals surface area contributed by atoms with Gasteiger partial charge in [0.05, 0.1) is 6.54 Å². The van der Waals surface area contributed by atoms with Crippen LogP contribution in [0, 0.1) is 0 Å². The van der Waals surface area contributed by atoms with Crippen LogP contribution in [0.15, 0.2) is 29.3 Å². The fraction of sp³-hybridized carbons (Fsp3) is 0.579. The van der Waals surface area contributed by atoms with Gasteiger partial charge in [0.15, 0.2) is 5.96 Å². The molecule has 6 nitrogen and oxygen atoms in total. The smallest absolute Gasteiger partial charge is 0.231 e. The molecule has 3 rings (SSSR count). The van der Waals surface area contributed by atoms with E-state index >= 15 is 0 Å². The molecule has 2 atom stereocenters. The molecule has 142 valence electrons. The van der Waals surface area contributed by atoms with Crippen LogP contribution in [0.25, 0.3) is 0 Å². The summed E-state index contributed by atoms with van der Waals surface area (Å²) in [5.41, 5.74) is 6.56. The minimum atomic E-state index is -0.257. The number of nitrogens with one attached hydrogen (secondary N) is 2. The summed E-state index contributed by atoms with van der Waals surface area (Å²) < 4.78 is 0. The number of benzene rings is 1. The average molecular weight is 378 g/mol. The van der Waals surface area contributed by atoms with Crippen molar-refractivity contribution in [2.45, 2.75) is 44.2 Å². The number of carbonyl (C=O) groups is 1. The summed E-state index contributed by atoms with van der Waals surface area (Å²) in [5, 5.41) is 7.90. The van der Waals surface area contributed by atoms with Crippen molar-refractivity contribution in [1.29, 1.82) is 0 Å². The van der Waals surface area contributed by atoms with Crippen molar-refractivity contribution in [2.24, 2.45) is 10.7 Å². The molecule has 0 spiro atoms. The number of hydrogen-bond acceptors (Lipinski definition) is 3. The Morgan fingerprint density at radius 3 is 2.77 bits per heavy atom. The maximum atomic E-state index is 11.0. The normalized spacial score (nSPS) is 24.3. The molecule has 1 amide bonds. The van der Waals surface area contributed by atoms with Gasteiger partial charge >= 0.3 is 0 Å². The van der Waals surface area contributed by atoms with Crippen molar-refractivity contribution >= 4 is 23.5 Å². The molecule has 0 radical (unpaired) electrons. The fourth-order valence-electron chi connectivity index (χ4n) is 3.58. The zero-order chi connectivity index (χ0) is 18.5. The van der Waals surface area contributed by atoms with Crippen LogP contribution in [-0.4, -0.2) is 55.0 Å². The Morgan fingerprint density at radius 2 is 2.12 bits per heavy atom. The Labute approximate surface area is 160 Å². The van der Waals surface area contributed by atoms with Gasteiger partial charge in [-0.25, -0.2) is 0 Å². The van der Waals surface area contributed by atoms with E-state index in [1.54, 1.807) is 0 Å². The maximum absolute atomic E-state index is 11.0. The zero-order valence-corrected chi connectivity index (χ0v) is 16.0. The summed E-state index contributed by atoms with van der Waals surface area (Å²) in [4.78, 5) is 17.7. The van der Waals surface area contributed by atoms with Crippen LogP contribution in [0.4, 0.5) is 0 Å². The molecule has 1 aromatic rings. The molecule has 2 fully saturated rings. The van der Waals surface area contributed by atoms with Gasteiger partial charge < -0.3 is 16.4 Å². The maximum Gasteiger partial charge on any atom is 0.231 e. The van der Waals surface area contributed by atoms with E-state index in [1.807, 2.05) is 25.1 Å². The molecular formula is C19H28ClN5O. The van der Waals surface area contributed by atoms with E-state index in [9.17, 15) is 4.79 Å². The molecule has 4 N–H and O–H groups in total. The minimum Gasteiger partial charge on any atom is -0.369 e. The Morgan fingerprint density at radius 1 is 1.35 bits per heavy atom. The quantitative estimate of drug-likeness (QED) is 0.520. The van der Waals surface area contributed by atoms with E-state index in [0.717, 1.165) is 49.9 Å². The van der Waals surface area contributed by atoms with Gasteiger partial charge in [0.1, 0.15) is 0 Å². The number of likely N-dealkylation sites (tertiary alicyclic amines) is 1. The highest BCUT2D eigenvalue weighted by atomic mass is 35.5. The first-order valence-electron chi connectivity index (χ1n) is 9.38. The molecule has 2 aliphatic rings. The van der Waals surface area contributed by atoms with Gasteiger partial charge in [-0.05, 0) is 43.9 Å². The highest BCUT2D eigenvalue weighted by Gasteiger charge is 2.39. The number of rotatable bonds is 6. The number of aliphatic imine (C=N–C) groups is 1. The van der Waals surface area contributed by atoms with Gasteiger partial charge in [-0.15, -0.1) is 0 Å². The number of primary amides is 1. The van der Waals surface area contributed by atoms with Crippen LogP contribution in [0.2, 0.25) is 5.02 Å². The van der Waals surface area contributed by atoms with Crippen molar-refractivity contribution in [2.75, 3.05) is 26.2 Å². The molecule has 0 bridgehead atoms. The van der Waals surface area contributed by atoms with Gasteiger partial charge in [-0.1, -0.05) is 23.7 Å². The fourth-order valence-corrected chi connectivity index (χ4v) is 3.77. The number of amides is 1. The van der Waals surface area contributed by atoms with Crippen LogP contribution < -0.4 is 16.4 Å². The summed E-state index contributed by atoms with van der Waals surface area (Å²) in [6, 6.07) is 8.88. The summed E-state index contributed by atoms with van der Waals surface area (Å²) in [7, 11) is 0. The topological polar surface area (TPSA) is 82.8 Å². The molecule has 2 unspecified atom stereocenters. The van der Waals surface area contributed by atoms with E-state index in [2.05, 4.69) is 26.6 Å². The van der Waals surface area contributed by atoms with E-state index in [4.69, 9.17) is 17.3 Å². The van der Waals surface area contributed by atoms with Gasteiger partial charge in [-0.2, -0.15) is 0 Å². The number of halogens is 1. The van der Waals surface area contributed by atoms with Crippen molar-refractivity contribution in [3.63, 3.8) is 0 Å². The Hall–Kier alpha value is -1.79. The number of nitrogens with two attached hydrogens (primary N) is 1. The van der Waals surface area contributed by atoms with Crippen LogP contribution in [0.3, 0.4) is 0 Å². The third-order valence-electron chi connectivity index (χ3n) is 5.01. The molecule has 0 aromatic heterocycles. The number of piperidine rings is 1. The van der Waals surface area contributed by atoms with Crippen molar-refractivity contribution in [3.05, 3.63) is 34.9 Å². The van der Waals surface area contributed by atoms with Gasteiger partial charge in [0.2, 0.25) is 5.91 Å². The second-order valence-electron chi connectivity index (χ2n) is 7.13. The Bertz CT molecular complexity index is 657. The third-order valence-corrected chi connectivity index (χ3v) is 5.25. The van der Waals surface area contributed by atoms with Crippen LogP contribution in [0.1, 0.15) is 37.7 Å². The van der Waals surface area contributed by atoms with E-state index in [1.165, 1.54) is 5.56 Å². The lowest BCUT2D eigenvalue weighted by atomic mass is 10.1. The highest BCUT2D eigenvalue weighted by Crippen LogP contribution is 2.41. The molecule has 7 heteroatoms. The molecular weight excluding hydrogens is 350 g/mol. The van der Waals surface area contributed by atoms with Gasteiger partial charge in [0, 0.05) is 42.7 Å². The molecule has 1 saturated carbocycles. The molecule has 26 heavy (non-hydrogen) atoms. The lowest BCUT2D eigenvalue weighted by Gasteiger charge is -2.32. The largest absolute Gasteiger partial charge is 0.369 e. The second-order valence-corrected chi connectivity index (χ2v) is 7.57. The lowest BCUT2D eigenvalue weighted by Crippen LogP contribution is -2.50. The summed E-state index contributed by atoms with van der Waals surface area (Å²) in [6.07, 6.45) is 3.07. The Kier molecular flexibility index (Phi) is 6.38. The summed E-state index contributed by atoms with van der Waals surface area (Å²) in [6.45, 7) is 4.90. The van der Waals surface area contributed by atoms with Gasteiger partial charge in [-0.3, -0.25) is 14.7 Å². The molecule has 1 heterocycles. The second kappa shape index (κ2) is 8.73. The lowest BCUT2D eigenvalue weighted by molar-refractivity contribution is -0.119. The van der Waals surface area contributed by atoms with Crippen molar-refractivity contribution < 1.29 is 4.79 Å². The van der Waals surface area contributed by atoms with Gasteiger partial charge in [0.25, 0.3) is 0 Å². The highest BCUT2D eigenvalue weighted by molar-refractivity contribution is 6.30. The summed E-state index contributed by atoms with van der Waals surface area (Å²) >= 11 is 6.10. The molecule has 1 aromatic carbocycles. The van der Waals surface area contributed by atoms with E-state index < -0.39 is 0 Å². The monoisotopic (exact) mass is 377 g/mol. The molecule has 1 aliphatic heterocycles. The standard InChI is InChI=1S/C19H28ClN5O/c1-2-22-19(23-15-6-8-25(9-7-15)12-18(21)26)24-17-11-16(17)13-4-3-5-14(20)10-13/h3-5,10,15-17H,2,6-9,11-12H2,1H3,(H2,21,26)(H2,22,23,24). The zero-order valence-electron chi connectivity index (χ0n) is 15.2. The molecule has 1 saturated heterocycles. The number of carbonyl (C=O) groups excluding carboxylic acids is 1. The van der Waals surface area contributed by atoms with Crippen LogP contribution >= 0.6 is 11.6 Å². The first-order valence-corrected chi connectivity index (χ1v) is 9.76. The van der Waals surface area contributed by atoms with E-state index in [0.29, 0.717) is 24.5 Å². The number of hydrogen-bond donors (Lipinski definition) is 3. The number of guanidine groups is 1. The predicted molar refractivity (Wildman–Crippen MR) is 106 cm³/mol. The third kappa shape index (κ3) is 5.35. The number of nitrogens with zero attached hydrogens (tertiary/aromatic N) is 2. The first-order chi connectivity index (χ1) is 12.5. The van der Waals surface area contributed by atoms with Crippen molar-refractivity contribution in [3.8, 4) is 0 Å². The SMILES string of the molecule is CCN=C(NC1CCN(CC(N)=O)CC1)NC1CC1c1cccc(Cl)c1. The van der Waals surface area contributed by atoms with Crippen LogP contribution in [0.5, 0.6) is 0 Å². The first kappa shape index (κ1) is 19.0. The molecule has 1 aliphatic carbocycles. The van der Waals surface area contributed by atoms with Crippen LogP contribution in [-0.2, 0) is 4.79 Å². The van der Waals surface area contributed by atoms with E-state index in [-0.39, 0.29) is 5.91 Å². The van der Waals surface area contributed by atoms with Crippen molar-refractivity contribution in [1.82, 2.24) is 15.5 Å². The Balaban J connectivity index is 1.48. The predicted octanol–water partition coefficient (Wildman–Crippen LogP) is 1.70. The summed E-state index contributed by atoms with van der Waals surface area (Å²) in [5.74, 6) is 1.12. The average Bonchev–Trinajstić information content (AvgIpc) is 3.35. The minimum absolute atomic E-state index is 0.257.